The van der Waals surface area contributed by atoms with Gasteiger partial charge in [-0.25, -0.2) is 4.98 Å². The molecule has 0 radical (unpaired) electrons. The molecule has 0 aliphatic carbocycles. The van der Waals surface area contributed by atoms with Crippen LogP contribution < -0.4 is 15.2 Å². The minimum Gasteiger partial charge on any atom is -0.497 e. The van der Waals surface area contributed by atoms with E-state index in [1.807, 2.05) is 18.2 Å². The number of benzene rings is 2. The van der Waals surface area contributed by atoms with Gasteiger partial charge in [-0.15, -0.1) is 0 Å². The third kappa shape index (κ3) is 2.64. The molecule has 0 aliphatic heterocycles. The van der Waals surface area contributed by atoms with Crippen molar-refractivity contribution in [1.82, 2.24) is 4.98 Å². The predicted octanol–water partition coefficient (Wildman–Crippen LogP) is 4.33. The number of halogens is 1. The van der Waals surface area contributed by atoms with Gasteiger partial charge < -0.3 is 15.2 Å². The average molecular weight is 307 g/mol. The molecular formula is C14H11ClN2O2S. The van der Waals surface area contributed by atoms with Gasteiger partial charge in [0.15, 0.2) is 0 Å². The highest BCUT2D eigenvalue weighted by Gasteiger charge is 2.08. The summed E-state index contributed by atoms with van der Waals surface area (Å²) in [6, 6.07) is 10.7. The van der Waals surface area contributed by atoms with E-state index in [9.17, 15) is 0 Å². The van der Waals surface area contributed by atoms with E-state index >= 15 is 0 Å². The van der Waals surface area contributed by atoms with Gasteiger partial charge in [-0.1, -0.05) is 22.9 Å². The summed E-state index contributed by atoms with van der Waals surface area (Å²) in [6.45, 7) is 0. The number of aromatic nitrogens is 1. The van der Waals surface area contributed by atoms with Crippen molar-refractivity contribution >= 4 is 38.8 Å². The second kappa shape index (κ2) is 5.19. The Kier molecular flexibility index (Phi) is 3.38. The summed E-state index contributed by atoms with van der Waals surface area (Å²) in [5.41, 5.74) is 7.14. The molecule has 0 unspecified atom stereocenters. The van der Waals surface area contributed by atoms with E-state index < -0.39 is 0 Å². The fourth-order valence-corrected chi connectivity index (χ4v) is 2.90. The minimum atomic E-state index is 0.530. The maximum atomic E-state index is 5.94. The Labute approximate surface area is 124 Å². The molecular weight excluding hydrogens is 296 g/mol. The molecule has 4 nitrogen and oxygen atoms in total. The van der Waals surface area contributed by atoms with Crippen LogP contribution in [-0.4, -0.2) is 12.1 Å². The van der Waals surface area contributed by atoms with E-state index in [1.165, 1.54) is 11.3 Å². The molecule has 0 saturated carbocycles. The Balaban J connectivity index is 1.94. The molecule has 20 heavy (non-hydrogen) atoms. The number of fused-ring (bicyclic) bond motifs is 1. The number of rotatable bonds is 3. The second-order valence-electron chi connectivity index (χ2n) is 4.14. The fourth-order valence-electron chi connectivity index (χ4n) is 1.80. The van der Waals surface area contributed by atoms with Crippen LogP contribution in [0.5, 0.6) is 16.7 Å². The Bertz CT molecular complexity index is 753. The van der Waals surface area contributed by atoms with Gasteiger partial charge in [0.25, 0.3) is 5.19 Å². The lowest BCUT2D eigenvalue weighted by Crippen LogP contribution is -1.87. The third-order valence-corrected chi connectivity index (χ3v) is 3.79. The summed E-state index contributed by atoms with van der Waals surface area (Å²) in [4.78, 5) is 4.40. The number of nitrogens with zero attached hydrogens (tertiary/aromatic N) is 1. The zero-order valence-corrected chi connectivity index (χ0v) is 12.2. The summed E-state index contributed by atoms with van der Waals surface area (Å²) in [5.74, 6) is 1.36. The van der Waals surface area contributed by atoms with Crippen LogP contribution in [0, 0.1) is 0 Å². The SMILES string of the molecule is COc1ccc2nc(Oc3cc(N)cc(Cl)c3)sc2c1. The molecule has 0 aliphatic rings. The molecule has 0 saturated heterocycles. The van der Waals surface area contributed by atoms with Crippen LogP contribution in [0.15, 0.2) is 36.4 Å². The molecule has 0 bridgehead atoms. The first-order chi connectivity index (χ1) is 9.64. The molecule has 2 aromatic carbocycles. The fraction of sp³-hybridized carbons (Fsp3) is 0.0714. The molecule has 0 spiro atoms. The smallest absolute Gasteiger partial charge is 0.279 e. The Morgan fingerprint density at radius 3 is 2.75 bits per heavy atom. The quantitative estimate of drug-likeness (QED) is 0.732. The Morgan fingerprint density at radius 2 is 2.00 bits per heavy atom. The van der Waals surface area contributed by atoms with Gasteiger partial charge in [-0.05, 0) is 30.3 Å². The maximum Gasteiger partial charge on any atom is 0.279 e. The number of nitrogens with two attached hydrogens (primary N) is 1. The van der Waals surface area contributed by atoms with Crippen molar-refractivity contribution in [3.8, 4) is 16.7 Å². The second-order valence-corrected chi connectivity index (χ2v) is 5.57. The number of hydrogen-bond acceptors (Lipinski definition) is 5. The normalized spacial score (nSPS) is 10.7. The van der Waals surface area contributed by atoms with E-state index in [-0.39, 0.29) is 0 Å². The zero-order valence-electron chi connectivity index (χ0n) is 10.6. The Morgan fingerprint density at radius 1 is 1.15 bits per heavy atom. The predicted molar refractivity (Wildman–Crippen MR) is 82.1 cm³/mol. The van der Waals surface area contributed by atoms with Crippen LogP contribution in [0.1, 0.15) is 0 Å². The molecule has 3 rings (SSSR count). The number of thiazole rings is 1. The largest absolute Gasteiger partial charge is 0.497 e. The third-order valence-electron chi connectivity index (χ3n) is 2.67. The number of anilines is 1. The van der Waals surface area contributed by atoms with Crippen molar-refractivity contribution < 1.29 is 9.47 Å². The molecule has 6 heteroatoms. The summed E-state index contributed by atoms with van der Waals surface area (Å²) in [7, 11) is 1.63. The lowest BCUT2D eigenvalue weighted by Gasteiger charge is -2.03. The highest BCUT2D eigenvalue weighted by Crippen LogP contribution is 2.34. The van der Waals surface area contributed by atoms with E-state index in [1.54, 1.807) is 25.3 Å². The molecule has 0 atom stereocenters. The van der Waals surface area contributed by atoms with Crippen LogP contribution in [0.4, 0.5) is 5.69 Å². The lowest BCUT2D eigenvalue weighted by molar-refractivity contribution is 0.415. The first kappa shape index (κ1) is 13.0. The zero-order chi connectivity index (χ0) is 14.1. The van der Waals surface area contributed by atoms with Crippen LogP contribution in [0.3, 0.4) is 0 Å². The molecule has 1 heterocycles. The van der Waals surface area contributed by atoms with Crippen molar-refractivity contribution in [2.75, 3.05) is 12.8 Å². The van der Waals surface area contributed by atoms with Crippen molar-refractivity contribution in [3.63, 3.8) is 0 Å². The van der Waals surface area contributed by atoms with Crippen LogP contribution in [0.2, 0.25) is 5.02 Å². The summed E-state index contributed by atoms with van der Waals surface area (Å²) in [5, 5.41) is 1.07. The summed E-state index contributed by atoms with van der Waals surface area (Å²) in [6.07, 6.45) is 0. The number of ether oxygens (including phenoxy) is 2. The first-order valence-corrected chi connectivity index (χ1v) is 7.02. The van der Waals surface area contributed by atoms with Crippen molar-refractivity contribution in [2.45, 2.75) is 0 Å². The monoisotopic (exact) mass is 306 g/mol. The summed E-state index contributed by atoms with van der Waals surface area (Å²) < 4.78 is 11.9. The maximum absolute atomic E-state index is 5.94. The van der Waals surface area contributed by atoms with Gasteiger partial charge in [-0.2, -0.15) is 0 Å². The van der Waals surface area contributed by atoms with Crippen LogP contribution >= 0.6 is 22.9 Å². The van der Waals surface area contributed by atoms with E-state index in [0.29, 0.717) is 21.7 Å². The van der Waals surface area contributed by atoms with Crippen LogP contribution in [0.25, 0.3) is 10.2 Å². The van der Waals surface area contributed by atoms with Gasteiger partial charge in [0, 0.05) is 16.8 Å². The number of methoxy groups -OCH3 is 1. The van der Waals surface area contributed by atoms with Gasteiger partial charge >= 0.3 is 0 Å². The highest BCUT2D eigenvalue weighted by molar-refractivity contribution is 7.20. The topological polar surface area (TPSA) is 57.4 Å². The van der Waals surface area contributed by atoms with Crippen molar-refractivity contribution in [1.29, 1.82) is 0 Å². The van der Waals surface area contributed by atoms with Gasteiger partial charge in [-0.3, -0.25) is 0 Å². The molecule has 2 N–H and O–H groups in total. The minimum absolute atomic E-state index is 0.530. The first-order valence-electron chi connectivity index (χ1n) is 5.82. The number of nitrogen functional groups attached to an aromatic ring is 1. The van der Waals surface area contributed by atoms with E-state index in [4.69, 9.17) is 26.8 Å². The molecule has 1 aromatic heterocycles. The van der Waals surface area contributed by atoms with Crippen LogP contribution in [-0.2, 0) is 0 Å². The molecule has 3 aromatic rings. The van der Waals surface area contributed by atoms with E-state index in [2.05, 4.69) is 4.98 Å². The average Bonchev–Trinajstić information content (AvgIpc) is 2.78. The van der Waals surface area contributed by atoms with Gasteiger partial charge in [0.2, 0.25) is 0 Å². The lowest BCUT2D eigenvalue weighted by atomic mass is 10.3. The van der Waals surface area contributed by atoms with Crippen molar-refractivity contribution in [3.05, 3.63) is 41.4 Å². The highest BCUT2D eigenvalue weighted by atomic mass is 35.5. The van der Waals surface area contributed by atoms with Gasteiger partial charge in [0.05, 0.1) is 17.3 Å². The molecule has 102 valence electrons. The Hall–Kier alpha value is -1.98. The number of hydrogen-bond donors (Lipinski definition) is 1. The molecule has 0 amide bonds. The summed E-state index contributed by atoms with van der Waals surface area (Å²) >= 11 is 7.38. The standard InChI is InChI=1S/C14H11ClN2O2S/c1-18-10-2-3-12-13(7-10)20-14(17-12)19-11-5-8(15)4-9(16)6-11/h2-7H,16H2,1H3. The molecule has 0 fully saturated rings. The van der Waals surface area contributed by atoms with Crippen molar-refractivity contribution in [2.24, 2.45) is 0 Å². The van der Waals surface area contributed by atoms with Gasteiger partial charge in [0.1, 0.15) is 11.5 Å². The van der Waals surface area contributed by atoms with E-state index in [0.717, 1.165) is 16.0 Å².